The Balaban J connectivity index is 3.84. The minimum absolute atomic E-state index is 0.396. The first-order chi connectivity index (χ1) is 8.67. The van der Waals surface area contributed by atoms with Crippen LogP contribution in [0.5, 0.6) is 0 Å². The summed E-state index contributed by atoms with van der Waals surface area (Å²) in [4.78, 5) is 6.78. The summed E-state index contributed by atoms with van der Waals surface area (Å²) in [6, 6.07) is 0.396. The number of hydrazine groups is 1. The second kappa shape index (κ2) is 11.3. The topological polar surface area (TPSA) is 65.7 Å². The van der Waals surface area contributed by atoms with Crippen molar-refractivity contribution >= 4 is 5.96 Å². The minimum atomic E-state index is 0.396. The third-order valence-electron chi connectivity index (χ3n) is 3.02. The summed E-state index contributed by atoms with van der Waals surface area (Å²) in [6.45, 7) is 12.9. The van der Waals surface area contributed by atoms with Crippen molar-refractivity contribution in [3.8, 4) is 0 Å². The number of nitrogens with one attached hydrogen (secondary N) is 2. The molecule has 18 heavy (non-hydrogen) atoms. The largest absolute Gasteiger partial charge is 0.353 e. The van der Waals surface area contributed by atoms with Crippen LogP contribution in [0.1, 0.15) is 47.0 Å². The number of nitrogens with two attached hydrogens (primary N) is 1. The lowest BCUT2D eigenvalue weighted by atomic mass is 10.2. The van der Waals surface area contributed by atoms with Gasteiger partial charge in [0.2, 0.25) is 5.96 Å². The first-order valence-corrected chi connectivity index (χ1v) is 7.17. The van der Waals surface area contributed by atoms with Gasteiger partial charge in [-0.25, -0.2) is 5.84 Å². The van der Waals surface area contributed by atoms with E-state index in [4.69, 9.17) is 5.84 Å². The first kappa shape index (κ1) is 17.2. The lowest BCUT2D eigenvalue weighted by Crippen LogP contribution is -2.45. The summed E-state index contributed by atoms with van der Waals surface area (Å²) in [5, 5.41) is 3.31. The molecule has 0 bridgehead atoms. The molecule has 5 nitrogen and oxygen atoms in total. The molecule has 0 aliphatic heterocycles. The molecular formula is C13H31N5. The number of hydrogen-bond donors (Lipinski definition) is 3. The Labute approximate surface area is 112 Å². The fourth-order valence-corrected chi connectivity index (χ4v) is 1.82. The zero-order valence-corrected chi connectivity index (χ0v) is 12.5. The van der Waals surface area contributed by atoms with Crippen LogP contribution in [-0.2, 0) is 0 Å². The Hall–Kier alpha value is -0.810. The summed E-state index contributed by atoms with van der Waals surface area (Å²) in [5.41, 5.74) is 2.62. The van der Waals surface area contributed by atoms with Gasteiger partial charge in [0.05, 0.1) is 0 Å². The van der Waals surface area contributed by atoms with Gasteiger partial charge in [0.15, 0.2) is 0 Å². The second-order valence-electron chi connectivity index (χ2n) is 4.59. The third-order valence-corrected chi connectivity index (χ3v) is 3.02. The maximum Gasteiger partial charge on any atom is 0.205 e. The molecule has 1 atom stereocenters. The number of guanidine groups is 1. The van der Waals surface area contributed by atoms with Crippen molar-refractivity contribution < 1.29 is 0 Å². The molecule has 0 spiro atoms. The lowest BCUT2D eigenvalue weighted by Gasteiger charge is -2.20. The van der Waals surface area contributed by atoms with Gasteiger partial charge in [-0.05, 0) is 45.8 Å². The molecule has 1 unspecified atom stereocenters. The van der Waals surface area contributed by atoms with Crippen LogP contribution < -0.4 is 16.6 Å². The molecule has 0 amide bonds. The van der Waals surface area contributed by atoms with Crippen molar-refractivity contribution in [3.63, 3.8) is 0 Å². The molecule has 4 N–H and O–H groups in total. The van der Waals surface area contributed by atoms with E-state index in [1.165, 1.54) is 6.42 Å². The van der Waals surface area contributed by atoms with Crippen molar-refractivity contribution in [1.82, 2.24) is 15.6 Å². The lowest BCUT2D eigenvalue weighted by molar-refractivity contribution is 0.292. The third kappa shape index (κ3) is 8.31. The fourth-order valence-electron chi connectivity index (χ4n) is 1.82. The SMILES string of the molecule is CCCN=C(NN)NC(C)CCCN(CC)CC. The standard InChI is InChI=1S/C13H31N5/c1-5-10-15-13(17-14)16-12(4)9-8-11-18(6-2)7-3/h12H,5-11,14H2,1-4H3,(H2,15,16,17). The van der Waals surface area contributed by atoms with E-state index in [9.17, 15) is 0 Å². The van der Waals surface area contributed by atoms with Crippen LogP contribution in [-0.4, -0.2) is 43.1 Å². The molecule has 0 heterocycles. The first-order valence-electron chi connectivity index (χ1n) is 7.17. The van der Waals surface area contributed by atoms with E-state index in [0.717, 1.165) is 39.0 Å². The molecule has 5 heteroatoms. The zero-order valence-electron chi connectivity index (χ0n) is 12.5. The van der Waals surface area contributed by atoms with Gasteiger partial charge in [0, 0.05) is 12.6 Å². The van der Waals surface area contributed by atoms with Crippen LogP contribution in [0.15, 0.2) is 4.99 Å². The minimum Gasteiger partial charge on any atom is -0.353 e. The van der Waals surface area contributed by atoms with Crippen LogP contribution in [0.2, 0.25) is 0 Å². The van der Waals surface area contributed by atoms with Gasteiger partial charge in [-0.1, -0.05) is 20.8 Å². The Bertz CT molecular complexity index is 213. The normalized spacial score (nSPS) is 13.8. The number of hydrogen-bond acceptors (Lipinski definition) is 3. The van der Waals surface area contributed by atoms with E-state index in [2.05, 4.69) is 48.3 Å². The zero-order chi connectivity index (χ0) is 13.8. The Morgan fingerprint density at radius 2 is 1.94 bits per heavy atom. The molecule has 0 saturated carbocycles. The van der Waals surface area contributed by atoms with Crippen molar-refractivity contribution in [2.45, 2.75) is 53.0 Å². The summed E-state index contributed by atoms with van der Waals surface area (Å²) in [6.07, 6.45) is 3.36. The van der Waals surface area contributed by atoms with Crippen molar-refractivity contribution in [2.24, 2.45) is 10.8 Å². The van der Waals surface area contributed by atoms with E-state index in [0.29, 0.717) is 12.0 Å². The number of rotatable bonds is 9. The fraction of sp³-hybridized carbons (Fsp3) is 0.923. The molecule has 0 radical (unpaired) electrons. The predicted octanol–water partition coefficient (Wildman–Crippen LogP) is 1.32. The molecule has 0 aromatic rings. The highest BCUT2D eigenvalue weighted by atomic mass is 15.3. The van der Waals surface area contributed by atoms with Gasteiger partial charge in [-0.15, -0.1) is 0 Å². The quantitative estimate of drug-likeness (QED) is 0.252. The van der Waals surface area contributed by atoms with Gasteiger partial charge in [0.1, 0.15) is 0 Å². The predicted molar refractivity (Wildman–Crippen MR) is 79.5 cm³/mol. The Kier molecular flexibility index (Phi) is 10.8. The smallest absolute Gasteiger partial charge is 0.205 e. The highest BCUT2D eigenvalue weighted by molar-refractivity contribution is 5.79. The Morgan fingerprint density at radius 3 is 2.44 bits per heavy atom. The summed E-state index contributed by atoms with van der Waals surface area (Å²) in [7, 11) is 0. The van der Waals surface area contributed by atoms with Gasteiger partial charge < -0.3 is 10.2 Å². The maximum atomic E-state index is 5.43. The van der Waals surface area contributed by atoms with Crippen molar-refractivity contribution in [1.29, 1.82) is 0 Å². The second-order valence-corrected chi connectivity index (χ2v) is 4.59. The highest BCUT2D eigenvalue weighted by Gasteiger charge is 2.05. The summed E-state index contributed by atoms with van der Waals surface area (Å²) >= 11 is 0. The van der Waals surface area contributed by atoms with Crippen molar-refractivity contribution in [2.75, 3.05) is 26.2 Å². The molecule has 0 saturated heterocycles. The van der Waals surface area contributed by atoms with E-state index >= 15 is 0 Å². The molecule has 0 aliphatic carbocycles. The molecular weight excluding hydrogens is 226 g/mol. The molecule has 0 fully saturated rings. The van der Waals surface area contributed by atoms with E-state index in [1.807, 2.05) is 0 Å². The Morgan fingerprint density at radius 1 is 1.28 bits per heavy atom. The molecule has 0 rings (SSSR count). The molecule has 0 aromatic carbocycles. The number of nitrogens with zero attached hydrogens (tertiary/aromatic N) is 2. The van der Waals surface area contributed by atoms with E-state index in [-0.39, 0.29) is 0 Å². The van der Waals surface area contributed by atoms with Crippen molar-refractivity contribution in [3.05, 3.63) is 0 Å². The average Bonchev–Trinajstić information content (AvgIpc) is 2.39. The van der Waals surface area contributed by atoms with Crippen LogP contribution >= 0.6 is 0 Å². The molecule has 108 valence electrons. The summed E-state index contributed by atoms with van der Waals surface area (Å²) < 4.78 is 0. The number of aliphatic imine (C=N–C) groups is 1. The van der Waals surface area contributed by atoms with Crippen LogP contribution in [0, 0.1) is 0 Å². The maximum absolute atomic E-state index is 5.43. The van der Waals surface area contributed by atoms with Crippen LogP contribution in [0.4, 0.5) is 0 Å². The highest BCUT2D eigenvalue weighted by Crippen LogP contribution is 1.99. The van der Waals surface area contributed by atoms with Crippen LogP contribution in [0.3, 0.4) is 0 Å². The van der Waals surface area contributed by atoms with Gasteiger partial charge >= 0.3 is 0 Å². The van der Waals surface area contributed by atoms with E-state index < -0.39 is 0 Å². The average molecular weight is 257 g/mol. The van der Waals surface area contributed by atoms with Crippen LogP contribution in [0.25, 0.3) is 0 Å². The van der Waals surface area contributed by atoms with E-state index in [1.54, 1.807) is 0 Å². The summed E-state index contributed by atoms with van der Waals surface area (Å²) in [5.74, 6) is 6.13. The molecule has 0 aliphatic rings. The van der Waals surface area contributed by atoms with Gasteiger partial charge in [-0.3, -0.25) is 10.4 Å². The van der Waals surface area contributed by atoms with Gasteiger partial charge in [0.25, 0.3) is 0 Å². The van der Waals surface area contributed by atoms with Gasteiger partial charge in [-0.2, -0.15) is 0 Å². The molecule has 0 aromatic heterocycles. The monoisotopic (exact) mass is 257 g/mol.